The van der Waals surface area contributed by atoms with Crippen LogP contribution in [0.15, 0.2) is 42.5 Å². The molecule has 35 heavy (non-hydrogen) atoms. The molecule has 0 bridgehead atoms. The minimum absolute atomic E-state index is 0.0364. The van der Waals surface area contributed by atoms with Crippen LogP contribution in [0.5, 0.6) is 17.2 Å². The van der Waals surface area contributed by atoms with Crippen LogP contribution in [-0.4, -0.2) is 63.9 Å². The van der Waals surface area contributed by atoms with Crippen molar-refractivity contribution in [3.05, 3.63) is 48.0 Å². The highest BCUT2D eigenvalue weighted by Crippen LogP contribution is 2.36. The summed E-state index contributed by atoms with van der Waals surface area (Å²) in [6.45, 7) is 4.91. The normalized spacial score (nSPS) is 13.3. The second-order valence-corrected chi connectivity index (χ2v) is 10.4. The average Bonchev–Trinajstić information content (AvgIpc) is 3.27. The third-order valence-corrected chi connectivity index (χ3v) is 6.57. The van der Waals surface area contributed by atoms with Gasteiger partial charge in [0.15, 0.2) is 11.5 Å². The van der Waals surface area contributed by atoms with E-state index in [0.717, 1.165) is 16.1 Å². The van der Waals surface area contributed by atoms with Crippen LogP contribution < -0.4 is 23.8 Å². The fourth-order valence-electron chi connectivity index (χ4n) is 3.57. The lowest BCUT2D eigenvalue weighted by Gasteiger charge is -2.32. The van der Waals surface area contributed by atoms with E-state index in [1.807, 2.05) is 13.8 Å². The van der Waals surface area contributed by atoms with Crippen LogP contribution in [0, 0.1) is 0 Å². The molecule has 1 aliphatic rings. The summed E-state index contributed by atoms with van der Waals surface area (Å²) in [4.78, 5) is 27.7. The minimum Gasteiger partial charge on any atom is -0.497 e. The fourth-order valence-corrected chi connectivity index (χ4v) is 4.41. The predicted octanol–water partition coefficient (Wildman–Crippen LogP) is 2.13. The maximum atomic E-state index is 13.5. The standard InChI is InChI=1S/C24H31N3O7S/c1-16(2)25-24(29)17(3)26(13-18-6-9-20(32-4)10-7-18)23(28)14-27(35(5,30)31)19-8-11-21-22(12-19)34-15-33-21/h6-12,16-17H,13-15H2,1-5H3,(H,25,29)/t17-/m0/s1. The van der Waals surface area contributed by atoms with Gasteiger partial charge in [-0.1, -0.05) is 12.1 Å². The van der Waals surface area contributed by atoms with E-state index in [0.29, 0.717) is 17.2 Å². The van der Waals surface area contributed by atoms with Gasteiger partial charge in [0.25, 0.3) is 0 Å². The van der Waals surface area contributed by atoms with Crippen LogP contribution in [0.25, 0.3) is 0 Å². The van der Waals surface area contributed by atoms with Crippen molar-refractivity contribution in [2.24, 2.45) is 0 Å². The number of hydrogen-bond donors (Lipinski definition) is 1. The number of hydrogen-bond acceptors (Lipinski definition) is 7. The van der Waals surface area contributed by atoms with Crippen LogP contribution in [0.1, 0.15) is 26.3 Å². The molecular formula is C24H31N3O7S. The number of anilines is 1. The molecule has 0 aromatic heterocycles. The van der Waals surface area contributed by atoms with Crippen LogP contribution >= 0.6 is 0 Å². The predicted molar refractivity (Wildman–Crippen MR) is 131 cm³/mol. The summed E-state index contributed by atoms with van der Waals surface area (Å²) in [5.74, 6) is 0.673. The Kier molecular flexibility index (Phi) is 8.11. The Morgan fingerprint density at radius 2 is 1.71 bits per heavy atom. The Bertz CT molecular complexity index is 1170. The van der Waals surface area contributed by atoms with Crippen molar-refractivity contribution in [2.45, 2.75) is 39.4 Å². The highest BCUT2D eigenvalue weighted by atomic mass is 32.2. The van der Waals surface area contributed by atoms with E-state index in [9.17, 15) is 18.0 Å². The first-order valence-electron chi connectivity index (χ1n) is 11.1. The van der Waals surface area contributed by atoms with Gasteiger partial charge in [0.2, 0.25) is 28.6 Å². The molecule has 2 aromatic rings. The van der Waals surface area contributed by atoms with Gasteiger partial charge in [-0.15, -0.1) is 0 Å². The van der Waals surface area contributed by atoms with Gasteiger partial charge in [-0.3, -0.25) is 13.9 Å². The molecular weight excluding hydrogens is 474 g/mol. The van der Waals surface area contributed by atoms with Crippen molar-refractivity contribution in [3.8, 4) is 17.2 Å². The highest BCUT2D eigenvalue weighted by Gasteiger charge is 2.31. The Balaban J connectivity index is 1.90. The van der Waals surface area contributed by atoms with Crippen molar-refractivity contribution in [2.75, 3.05) is 31.0 Å². The van der Waals surface area contributed by atoms with Gasteiger partial charge in [-0.25, -0.2) is 8.42 Å². The summed E-state index contributed by atoms with van der Waals surface area (Å²) in [6, 6.07) is 10.8. The zero-order valence-corrected chi connectivity index (χ0v) is 21.3. The van der Waals surface area contributed by atoms with Gasteiger partial charge < -0.3 is 24.4 Å². The number of carbonyl (C=O) groups excluding carboxylic acids is 2. The van der Waals surface area contributed by atoms with Crippen molar-refractivity contribution in [1.29, 1.82) is 0 Å². The number of amides is 2. The first-order valence-corrected chi connectivity index (χ1v) is 12.9. The van der Waals surface area contributed by atoms with E-state index in [-0.39, 0.29) is 31.0 Å². The third-order valence-electron chi connectivity index (χ3n) is 5.43. The number of carbonyl (C=O) groups is 2. The molecule has 1 atom stereocenters. The largest absolute Gasteiger partial charge is 0.497 e. The number of sulfonamides is 1. The first-order chi connectivity index (χ1) is 16.5. The lowest BCUT2D eigenvalue weighted by atomic mass is 10.1. The summed E-state index contributed by atoms with van der Waals surface area (Å²) < 4.78 is 42.1. The second-order valence-electron chi connectivity index (χ2n) is 8.52. The highest BCUT2D eigenvalue weighted by molar-refractivity contribution is 7.92. The molecule has 0 aliphatic carbocycles. The Labute approximate surface area is 205 Å². The molecule has 1 aliphatic heterocycles. The molecule has 10 nitrogen and oxygen atoms in total. The average molecular weight is 506 g/mol. The topological polar surface area (TPSA) is 114 Å². The molecule has 1 N–H and O–H groups in total. The molecule has 0 fully saturated rings. The van der Waals surface area contributed by atoms with Crippen molar-refractivity contribution in [1.82, 2.24) is 10.2 Å². The summed E-state index contributed by atoms with van der Waals surface area (Å²) in [5.41, 5.74) is 1.02. The summed E-state index contributed by atoms with van der Waals surface area (Å²) >= 11 is 0. The van der Waals surface area contributed by atoms with E-state index in [1.165, 1.54) is 11.0 Å². The molecule has 190 valence electrons. The summed E-state index contributed by atoms with van der Waals surface area (Å²) in [6.07, 6.45) is 1.02. The maximum Gasteiger partial charge on any atom is 0.244 e. The molecule has 0 radical (unpaired) electrons. The lowest BCUT2D eigenvalue weighted by molar-refractivity contribution is -0.139. The van der Waals surface area contributed by atoms with Crippen molar-refractivity contribution >= 4 is 27.5 Å². The van der Waals surface area contributed by atoms with Gasteiger partial charge in [0.1, 0.15) is 18.3 Å². The maximum absolute atomic E-state index is 13.5. The SMILES string of the molecule is COc1ccc(CN(C(=O)CN(c2ccc3c(c2)OCO3)S(C)(=O)=O)[C@@H](C)C(=O)NC(C)C)cc1. The van der Waals surface area contributed by atoms with Gasteiger partial charge >= 0.3 is 0 Å². The molecule has 11 heteroatoms. The van der Waals surface area contributed by atoms with Crippen LogP contribution in [-0.2, 0) is 26.2 Å². The number of rotatable bonds is 10. The molecule has 3 rings (SSSR count). The number of nitrogens with one attached hydrogen (secondary N) is 1. The van der Waals surface area contributed by atoms with Crippen LogP contribution in [0.4, 0.5) is 5.69 Å². The van der Waals surface area contributed by atoms with E-state index in [4.69, 9.17) is 14.2 Å². The van der Waals surface area contributed by atoms with E-state index in [1.54, 1.807) is 50.4 Å². The summed E-state index contributed by atoms with van der Waals surface area (Å²) in [7, 11) is -2.28. The Hall–Kier alpha value is -3.47. The minimum atomic E-state index is -3.84. The molecule has 2 amide bonds. The number of methoxy groups -OCH3 is 1. The van der Waals surface area contributed by atoms with E-state index >= 15 is 0 Å². The van der Waals surface area contributed by atoms with Gasteiger partial charge in [-0.05, 0) is 50.6 Å². The third kappa shape index (κ3) is 6.56. The molecule has 0 saturated heterocycles. The van der Waals surface area contributed by atoms with Crippen LogP contribution in [0.2, 0.25) is 0 Å². The van der Waals surface area contributed by atoms with Gasteiger partial charge in [0, 0.05) is 18.7 Å². The first kappa shape index (κ1) is 26.1. The number of fused-ring (bicyclic) bond motifs is 1. The van der Waals surface area contributed by atoms with Gasteiger partial charge in [-0.2, -0.15) is 0 Å². The van der Waals surface area contributed by atoms with Gasteiger partial charge in [0.05, 0.1) is 19.1 Å². The number of ether oxygens (including phenoxy) is 3. The second kappa shape index (κ2) is 10.9. The molecule has 0 saturated carbocycles. The van der Waals surface area contributed by atoms with E-state index in [2.05, 4.69) is 5.32 Å². The summed E-state index contributed by atoms with van der Waals surface area (Å²) in [5, 5.41) is 2.81. The smallest absolute Gasteiger partial charge is 0.244 e. The molecule has 2 aromatic carbocycles. The molecule has 0 spiro atoms. The quantitative estimate of drug-likeness (QED) is 0.526. The zero-order valence-electron chi connectivity index (χ0n) is 20.5. The van der Waals surface area contributed by atoms with Crippen molar-refractivity contribution < 1.29 is 32.2 Å². The van der Waals surface area contributed by atoms with Crippen LogP contribution in [0.3, 0.4) is 0 Å². The molecule has 0 unspecified atom stereocenters. The monoisotopic (exact) mass is 505 g/mol. The lowest BCUT2D eigenvalue weighted by Crippen LogP contribution is -2.52. The fraction of sp³-hybridized carbons (Fsp3) is 0.417. The van der Waals surface area contributed by atoms with E-state index < -0.39 is 28.5 Å². The number of nitrogens with zero attached hydrogens (tertiary/aromatic N) is 2. The number of benzene rings is 2. The van der Waals surface area contributed by atoms with Crippen molar-refractivity contribution in [3.63, 3.8) is 0 Å². The Morgan fingerprint density at radius 3 is 2.31 bits per heavy atom. The Morgan fingerprint density at radius 1 is 1.06 bits per heavy atom. The molecule has 1 heterocycles. The zero-order chi connectivity index (χ0) is 25.8.